The van der Waals surface area contributed by atoms with Crippen LogP contribution < -0.4 is 5.14 Å². The average Bonchev–Trinajstić information content (AvgIpc) is 2.99. The van der Waals surface area contributed by atoms with E-state index in [1.54, 1.807) is 13.8 Å². The molecule has 3 heterocycles. The second-order valence-corrected chi connectivity index (χ2v) is 8.16. The number of rotatable bonds is 5. The highest BCUT2D eigenvalue weighted by molar-refractivity contribution is 7.84. The maximum atomic E-state index is 11.6. The normalized spacial score (nSPS) is 40.2. The highest BCUT2D eigenvalue weighted by Crippen LogP contribution is 2.48. The molecule has 3 aliphatic rings. The molecule has 0 radical (unpaired) electrons. The van der Waals surface area contributed by atoms with Gasteiger partial charge in [-0.25, -0.2) is 13.5 Å². The Balaban J connectivity index is 1.94. The van der Waals surface area contributed by atoms with E-state index >= 15 is 0 Å². The van der Waals surface area contributed by atoms with Crippen molar-refractivity contribution < 1.29 is 43.6 Å². The molecule has 0 unspecified atom stereocenters. The molecule has 11 nitrogen and oxygen atoms in total. The molecule has 3 fully saturated rings. The van der Waals surface area contributed by atoms with Gasteiger partial charge in [-0.1, -0.05) is 13.8 Å². The topological polar surface area (TPSA) is 150 Å². The first kappa shape index (κ1) is 18.4. The van der Waals surface area contributed by atoms with E-state index in [1.807, 2.05) is 0 Å². The van der Waals surface area contributed by atoms with E-state index in [0.717, 1.165) is 0 Å². The van der Waals surface area contributed by atoms with E-state index in [2.05, 4.69) is 4.18 Å². The summed E-state index contributed by atoms with van der Waals surface area (Å²) < 4.78 is 77.1. The Morgan fingerprint density at radius 1 is 1.25 bits per heavy atom. The van der Waals surface area contributed by atoms with Crippen LogP contribution in [0.5, 0.6) is 0 Å². The molecule has 0 aromatic heterocycles. The largest absolute Gasteiger partial charge is 0.400 e. The van der Waals surface area contributed by atoms with Crippen LogP contribution in [0, 0.1) is 0 Å². The molecule has 3 saturated heterocycles. The van der Waals surface area contributed by atoms with Crippen LogP contribution in [-0.2, 0) is 47.5 Å². The Hall–Kier alpha value is -0.380. The van der Waals surface area contributed by atoms with E-state index in [-0.39, 0.29) is 6.61 Å². The number of hydrogen-bond donors (Lipinski definition) is 1. The molecule has 3 rings (SSSR count). The molecule has 3 aliphatic heterocycles. The zero-order valence-corrected chi connectivity index (χ0v) is 14.7. The van der Waals surface area contributed by atoms with Gasteiger partial charge in [-0.2, -0.15) is 16.8 Å². The molecule has 0 saturated carbocycles. The summed E-state index contributed by atoms with van der Waals surface area (Å²) in [5, 5.41) is 4.86. The molecule has 0 bridgehead atoms. The van der Waals surface area contributed by atoms with Crippen molar-refractivity contribution in [1.82, 2.24) is 0 Å². The van der Waals surface area contributed by atoms with Gasteiger partial charge in [0.15, 0.2) is 5.79 Å². The summed E-state index contributed by atoms with van der Waals surface area (Å²) in [6.07, 6.45) is -2.23. The van der Waals surface area contributed by atoms with Crippen LogP contribution in [0.2, 0.25) is 0 Å². The van der Waals surface area contributed by atoms with Crippen molar-refractivity contribution in [2.24, 2.45) is 5.14 Å². The van der Waals surface area contributed by atoms with Gasteiger partial charge in [-0.15, -0.1) is 0 Å². The second kappa shape index (κ2) is 5.82. The first-order valence-electron chi connectivity index (χ1n) is 7.34. The van der Waals surface area contributed by atoms with E-state index in [0.29, 0.717) is 12.8 Å². The minimum Gasteiger partial charge on any atom is -0.343 e. The molecule has 0 aromatic rings. The Kier molecular flexibility index (Phi) is 4.47. The van der Waals surface area contributed by atoms with Crippen LogP contribution in [0.25, 0.3) is 0 Å². The lowest BCUT2D eigenvalue weighted by atomic mass is 9.98. The molecule has 0 amide bonds. The van der Waals surface area contributed by atoms with E-state index in [1.165, 1.54) is 0 Å². The van der Waals surface area contributed by atoms with Crippen LogP contribution >= 0.6 is 0 Å². The summed E-state index contributed by atoms with van der Waals surface area (Å²) in [5.74, 6) is -2.78. The van der Waals surface area contributed by atoms with Gasteiger partial charge in [0.2, 0.25) is 5.79 Å². The number of fused-ring (bicyclic) bond motifs is 3. The fraction of sp³-hybridized carbons (Fsp3) is 1.00. The van der Waals surface area contributed by atoms with Gasteiger partial charge in [-0.05, 0) is 12.8 Å². The second-order valence-electron chi connectivity index (χ2n) is 5.74. The third kappa shape index (κ3) is 3.20. The first-order chi connectivity index (χ1) is 11.0. The molecule has 4 atom stereocenters. The Morgan fingerprint density at radius 2 is 1.92 bits per heavy atom. The van der Waals surface area contributed by atoms with E-state index < -0.39 is 57.2 Å². The molecular weight excluding hydrogens is 370 g/mol. The summed E-state index contributed by atoms with van der Waals surface area (Å²) in [4.78, 5) is 0. The van der Waals surface area contributed by atoms with Crippen molar-refractivity contribution in [3.8, 4) is 0 Å². The maximum Gasteiger partial charge on any atom is 0.400 e. The highest BCUT2D eigenvalue weighted by Gasteiger charge is 2.67. The average molecular weight is 389 g/mol. The van der Waals surface area contributed by atoms with Gasteiger partial charge in [0.05, 0.1) is 6.61 Å². The van der Waals surface area contributed by atoms with Gasteiger partial charge in [0.25, 0.3) is 0 Å². The van der Waals surface area contributed by atoms with E-state index in [4.69, 9.17) is 27.7 Å². The molecule has 0 spiro atoms. The van der Waals surface area contributed by atoms with Gasteiger partial charge >= 0.3 is 20.7 Å². The number of nitrogens with two attached hydrogens (primary N) is 1. The van der Waals surface area contributed by atoms with Crippen molar-refractivity contribution in [2.45, 2.75) is 56.6 Å². The van der Waals surface area contributed by atoms with Gasteiger partial charge in [-0.3, -0.25) is 4.18 Å². The molecule has 13 heteroatoms. The minimum atomic E-state index is -4.27. The molecule has 140 valence electrons. The van der Waals surface area contributed by atoms with Crippen molar-refractivity contribution >= 4 is 20.7 Å². The predicted octanol–water partition coefficient (Wildman–Crippen LogP) is -1.11. The fourth-order valence-corrected chi connectivity index (χ4v) is 4.38. The molecule has 0 aromatic carbocycles. The SMILES string of the molecule is CCC1(CC)O[C@H]2[C@@H]3OS(=O)(=O)O[C@@H]3CO[C@@]2(COS(N)(=O)=O)O1. The standard InChI is InChI=1S/C11H19NO10S2/c1-3-10(4-2)19-9-8-7(20-24(15,16)21-8)5-17-11(9,22-10)6-18-23(12,13)14/h7-9H,3-6H2,1-2H3,(H2,12,13,14)/t7-,8-,9+,11+/m1/s1. The predicted molar refractivity (Wildman–Crippen MR) is 75.7 cm³/mol. The van der Waals surface area contributed by atoms with Gasteiger partial charge in [0, 0.05) is 0 Å². The Bertz CT molecular complexity index is 702. The van der Waals surface area contributed by atoms with Crippen LogP contribution in [0.15, 0.2) is 0 Å². The lowest BCUT2D eigenvalue weighted by Crippen LogP contribution is -2.60. The number of hydrogen-bond acceptors (Lipinski definition) is 10. The summed E-state index contributed by atoms with van der Waals surface area (Å²) in [5.41, 5.74) is 0. The van der Waals surface area contributed by atoms with Gasteiger partial charge in [0.1, 0.15) is 24.9 Å². The first-order valence-corrected chi connectivity index (χ1v) is 10.1. The lowest BCUT2D eigenvalue weighted by Gasteiger charge is -2.39. The van der Waals surface area contributed by atoms with E-state index in [9.17, 15) is 16.8 Å². The summed E-state index contributed by atoms with van der Waals surface area (Å²) in [7, 11) is -8.46. The molecular formula is C11H19NO10S2. The summed E-state index contributed by atoms with van der Waals surface area (Å²) in [6.45, 7) is 2.79. The molecule has 24 heavy (non-hydrogen) atoms. The Morgan fingerprint density at radius 3 is 2.50 bits per heavy atom. The fourth-order valence-electron chi connectivity index (χ4n) is 3.04. The molecule has 2 N–H and O–H groups in total. The number of ether oxygens (including phenoxy) is 3. The zero-order valence-electron chi connectivity index (χ0n) is 13.0. The summed E-state index contributed by atoms with van der Waals surface area (Å²) >= 11 is 0. The quantitative estimate of drug-likeness (QED) is 0.613. The summed E-state index contributed by atoms with van der Waals surface area (Å²) in [6, 6.07) is 0. The minimum absolute atomic E-state index is 0.207. The van der Waals surface area contributed by atoms with Crippen molar-refractivity contribution in [1.29, 1.82) is 0 Å². The van der Waals surface area contributed by atoms with Crippen molar-refractivity contribution in [2.75, 3.05) is 13.2 Å². The third-order valence-electron chi connectivity index (χ3n) is 4.26. The third-order valence-corrected chi connectivity index (χ3v) is 5.65. The van der Waals surface area contributed by atoms with Crippen LogP contribution in [0.1, 0.15) is 26.7 Å². The maximum absolute atomic E-state index is 11.6. The van der Waals surface area contributed by atoms with Crippen LogP contribution in [0.4, 0.5) is 0 Å². The zero-order chi connectivity index (χ0) is 17.8. The molecule has 0 aliphatic carbocycles. The highest BCUT2D eigenvalue weighted by atomic mass is 32.3. The van der Waals surface area contributed by atoms with Crippen molar-refractivity contribution in [3.63, 3.8) is 0 Å². The van der Waals surface area contributed by atoms with Crippen LogP contribution in [-0.4, -0.2) is 59.9 Å². The Labute approximate surface area is 139 Å². The van der Waals surface area contributed by atoms with Crippen molar-refractivity contribution in [3.05, 3.63) is 0 Å². The van der Waals surface area contributed by atoms with Gasteiger partial charge < -0.3 is 14.2 Å². The smallest absolute Gasteiger partial charge is 0.343 e. The van der Waals surface area contributed by atoms with Crippen LogP contribution in [0.3, 0.4) is 0 Å². The monoisotopic (exact) mass is 389 g/mol. The lowest BCUT2D eigenvalue weighted by molar-refractivity contribution is -0.296.